The fourth-order valence-electron chi connectivity index (χ4n) is 1.89. The molecule has 0 atom stereocenters. The summed E-state index contributed by atoms with van der Waals surface area (Å²) in [6.07, 6.45) is 4.37. The van der Waals surface area contributed by atoms with Gasteiger partial charge in [0.2, 0.25) is 0 Å². The molecule has 0 saturated carbocycles. The second-order valence-corrected chi connectivity index (χ2v) is 6.59. The van der Waals surface area contributed by atoms with E-state index in [1.165, 1.54) is 6.33 Å². The average Bonchev–Trinajstić information content (AvgIpc) is 3.09. The van der Waals surface area contributed by atoms with Gasteiger partial charge in [-0.1, -0.05) is 0 Å². The van der Waals surface area contributed by atoms with E-state index in [9.17, 15) is 9.59 Å². The van der Waals surface area contributed by atoms with E-state index in [2.05, 4.69) is 62.4 Å². The summed E-state index contributed by atoms with van der Waals surface area (Å²) in [5, 5.41) is 5.18. The lowest BCUT2D eigenvalue weighted by Crippen LogP contribution is -2.21. The molecular formula is C15H10Br2N6O2. The zero-order valence-corrected chi connectivity index (χ0v) is 15.6. The Kier molecular flexibility index (Phi) is 5.19. The molecule has 25 heavy (non-hydrogen) atoms. The van der Waals surface area contributed by atoms with Crippen LogP contribution >= 0.6 is 31.9 Å². The normalized spacial score (nSPS) is 10.3. The maximum atomic E-state index is 12.3. The summed E-state index contributed by atoms with van der Waals surface area (Å²) >= 11 is 6.53. The molecule has 0 unspecified atom stereocenters. The topological polar surface area (TPSA) is 113 Å². The van der Waals surface area contributed by atoms with E-state index in [-0.39, 0.29) is 11.4 Å². The Hall–Kier alpha value is -2.59. The molecule has 3 aromatic heterocycles. The average molecular weight is 466 g/mol. The van der Waals surface area contributed by atoms with Gasteiger partial charge in [-0.25, -0.2) is 15.0 Å². The van der Waals surface area contributed by atoms with Crippen molar-refractivity contribution in [2.45, 2.75) is 0 Å². The zero-order chi connectivity index (χ0) is 17.8. The van der Waals surface area contributed by atoms with E-state index in [1.807, 2.05) is 0 Å². The summed E-state index contributed by atoms with van der Waals surface area (Å²) in [5.41, 5.74) is -0.0151. The lowest BCUT2D eigenvalue weighted by Gasteiger charge is -2.06. The van der Waals surface area contributed by atoms with Gasteiger partial charge < -0.3 is 15.6 Å². The highest BCUT2D eigenvalue weighted by Crippen LogP contribution is 2.14. The van der Waals surface area contributed by atoms with Crippen LogP contribution < -0.4 is 10.6 Å². The largest absolute Gasteiger partial charge is 0.340 e. The van der Waals surface area contributed by atoms with Gasteiger partial charge in [-0.15, -0.1) is 0 Å². The van der Waals surface area contributed by atoms with Crippen LogP contribution in [-0.4, -0.2) is 31.8 Å². The molecule has 8 nitrogen and oxygen atoms in total. The number of nitrogens with one attached hydrogen (secondary N) is 3. The van der Waals surface area contributed by atoms with E-state index < -0.39 is 11.8 Å². The molecule has 0 aliphatic carbocycles. The van der Waals surface area contributed by atoms with Crippen LogP contribution in [-0.2, 0) is 0 Å². The number of rotatable bonds is 4. The van der Waals surface area contributed by atoms with E-state index in [0.29, 0.717) is 11.6 Å². The number of imidazole rings is 1. The third-order valence-corrected chi connectivity index (χ3v) is 3.96. The summed E-state index contributed by atoms with van der Waals surface area (Å²) in [6, 6.07) is 6.73. The first-order valence-electron chi connectivity index (χ1n) is 6.92. The van der Waals surface area contributed by atoms with Crippen molar-refractivity contribution in [3.05, 3.63) is 63.3 Å². The Labute approximate surface area is 158 Å². The van der Waals surface area contributed by atoms with Crippen LogP contribution in [0.3, 0.4) is 0 Å². The Morgan fingerprint density at radius 1 is 0.840 bits per heavy atom. The molecular weight excluding hydrogens is 456 g/mol. The smallest absolute Gasteiger partial charge is 0.277 e. The van der Waals surface area contributed by atoms with Crippen LogP contribution in [0.1, 0.15) is 21.0 Å². The van der Waals surface area contributed by atoms with Gasteiger partial charge in [0.15, 0.2) is 5.69 Å². The van der Waals surface area contributed by atoms with Crippen molar-refractivity contribution in [2.24, 2.45) is 0 Å². The fraction of sp³-hybridized carbons (Fsp3) is 0. The minimum atomic E-state index is -0.551. The van der Waals surface area contributed by atoms with Crippen molar-refractivity contribution in [3.63, 3.8) is 0 Å². The maximum absolute atomic E-state index is 12.3. The molecule has 0 fully saturated rings. The number of H-pyrrole nitrogens is 1. The first-order chi connectivity index (χ1) is 12.0. The van der Waals surface area contributed by atoms with E-state index in [0.717, 1.165) is 8.95 Å². The van der Waals surface area contributed by atoms with Crippen LogP contribution in [0.25, 0.3) is 0 Å². The van der Waals surface area contributed by atoms with Gasteiger partial charge in [0.05, 0.1) is 6.33 Å². The number of halogens is 2. The highest BCUT2D eigenvalue weighted by atomic mass is 79.9. The first kappa shape index (κ1) is 17.2. The molecule has 0 saturated heterocycles. The Morgan fingerprint density at radius 2 is 1.40 bits per heavy atom. The third-order valence-electron chi connectivity index (χ3n) is 3.02. The zero-order valence-electron chi connectivity index (χ0n) is 12.5. The molecule has 3 aromatic rings. The number of anilines is 2. The van der Waals surface area contributed by atoms with Gasteiger partial charge in [-0.2, -0.15) is 0 Å². The lowest BCUT2D eigenvalue weighted by atomic mass is 10.3. The molecule has 126 valence electrons. The van der Waals surface area contributed by atoms with Crippen molar-refractivity contribution in [1.82, 2.24) is 19.9 Å². The van der Waals surface area contributed by atoms with E-state index in [4.69, 9.17) is 0 Å². The van der Waals surface area contributed by atoms with Crippen molar-refractivity contribution < 1.29 is 9.59 Å². The summed E-state index contributed by atoms with van der Waals surface area (Å²) in [4.78, 5) is 39.4. The first-order valence-corrected chi connectivity index (χ1v) is 8.51. The van der Waals surface area contributed by atoms with Crippen LogP contribution in [0.4, 0.5) is 11.6 Å². The molecule has 0 aliphatic rings. The molecule has 10 heteroatoms. The predicted molar refractivity (Wildman–Crippen MR) is 98.4 cm³/mol. The van der Waals surface area contributed by atoms with Gasteiger partial charge in [-0.3, -0.25) is 9.59 Å². The monoisotopic (exact) mass is 464 g/mol. The molecule has 0 bridgehead atoms. The molecule has 0 aliphatic heterocycles. The van der Waals surface area contributed by atoms with Crippen LogP contribution in [0, 0.1) is 0 Å². The summed E-state index contributed by atoms with van der Waals surface area (Å²) in [7, 11) is 0. The summed E-state index contributed by atoms with van der Waals surface area (Å²) in [6.45, 7) is 0. The minimum absolute atomic E-state index is 0.0272. The van der Waals surface area contributed by atoms with Gasteiger partial charge in [0, 0.05) is 21.3 Å². The van der Waals surface area contributed by atoms with Crippen LogP contribution in [0.15, 0.2) is 51.9 Å². The molecule has 3 N–H and O–H groups in total. The number of hydrogen-bond acceptors (Lipinski definition) is 5. The van der Waals surface area contributed by atoms with Gasteiger partial charge in [0.25, 0.3) is 11.8 Å². The molecule has 2 amide bonds. The van der Waals surface area contributed by atoms with Crippen molar-refractivity contribution in [1.29, 1.82) is 0 Å². The van der Waals surface area contributed by atoms with Gasteiger partial charge in [-0.05, 0) is 56.1 Å². The van der Waals surface area contributed by atoms with Crippen LogP contribution in [0.5, 0.6) is 0 Å². The number of hydrogen-bond donors (Lipinski definition) is 3. The molecule has 3 rings (SSSR count). The summed E-state index contributed by atoms with van der Waals surface area (Å²) in [5.74, 6) is -0.382. The standard InChI is InChI=1S/C15H10Br2N6O2/c16-8-1-3-10(18-5-8)22-14(24)12-13(21-7-20-12)15(25)23-11-4-2-9(17)6-19-11/h1-7H,(H,20,21)(H,18,22,24)(H,19,23,25). The van der Waals surface area contributed by atoms with Gasteiger partial charge in [0.1, 0.15) is 17.3 Å². The Morgan fingerprint density at radius 3 is 1.92 bits per heavy atom. The molecule has 0 radical (unpaired) electrons. The number of nitrogens with zero attached hydrogens (tertiary/aromatic N) is 3. The van der Waals surface area contributed by atoms with Crippen molar-refractivity contribution in [2.75, 3.05) is 10.6 Å². The quantitative estimate of drug-likeness (QED) is 0.547. The highest BCUT2D eigenvalue weighted by Gasteiger charge is 2.21. The SMILES string of the molecule is O=C(Nc1ccc(Br)cn1)c1nc[nH]c1C(=O)Nc1ccc(Br)cn1. The highest BCUT2D eigenvalue weighted by molar-refractivity contribution is 9.10. The van der Waals surface area contributed by atoms with E-state index in [1.54, 1.807) is 36.7 Å². The number of amides is 2. The number of carbonyl (C=O) groups excluding carboxylic acids is 2. The number of carbonyl (C=O) groups is 2. The molecule has 0 spiro atoms. The predicted octanol–water partition coefficient (Wildman–Crippen LogP) is 3.23. The van der Waals surface area contributed by atoms with Gasteiger partial charge >= 0.3 is 0 Å². The second kappa shape index (κ2) is 7.53. The maximum Gasteiger partial charge on any atom is 0.277 e. The number of aromatic nitrogens is 4. The second-order valence-electron chi connectivity index (χ2n) is 4.76. The van der Waals surface area contributed by atoms with Crippen molar-refractivity contribution in [3.8, 4) is 0 Å². The minimum Gasteiger partial charge on any atom is -0.340 e. The fourth-order valence-corrected chi connectivity index (χ4v) is 2.36. The number of aromatic amines is 1. The lowest BCUT2D eigenvalue weighted by molar-refractivity contribution is 0.0985. The molecule has 0 aromatic carbocycles. The molecule has 3 heterocycles. The summed E-state index contributed by atoms with van der Waals surface area (Å²) < 4.78 is 1.57. The van der Waals surface area contributed by atoms with Crippen LogP contribution in [0.2, 0.25) is 0 Å². The Bertz CT molecular complexity index is 835. The van der Waals surface area contributed by atoms with Crippen molar-refractivity contribution >= 4 is 55.3 Å². The number of pyridine rings is 2. The Balaban J connectivity index is 1.74. The third kappa shape index (κ3) is 4.28. The van der Waals surface area contributed by atoms with E-state index >= 15 is 0 Å².